The molecule has 5 N–H and O–H groups in total. The number of nitrogens with one attached hydrogen (secondary N) is 4. The molecule has 4 amide bonds. The third-order valence-electron chi connectivity index (χ3n) is 5.83. The Balaban J connectivity index is 1.72. The summed E-state index contributed by atoms with van der Waals surface area (Å²) in [4.78, 5) is 51.5. The van der Waals surface area contributed by atoms with Gasteiger partial charge >= 0.3 is 0 Å². The number of hydrogen-bond acceptors (Lipinski definition) is 8. The van der Waals surface area contributed by atoms with Gasteiger partial charge in [-0.3, -0.25) is 19.2 Å². The molecule has 0 bridgehead atoms. The summed E-state index contributed by atoms with van der Waals surface area (Å²) in [5, 5.41) is 20.4. The Morgan fingerprint density at radius 2 is 1.82 bits per heavy atom. The number of hydrogen-bond donors (Lipinski definition) is 5. The number of carbonyl (C=O) groups is 4. The first-order chi connectivity index (χ1) is 18.8. The van der Waals surface area contributed by atoms with E-state index in [-0.39, 0.29) is 31.9 Å². The first-order valence-electron chi connectivity index (χ1n) is 12.6. The van der Waals surface area contributed by atoms with E-state index in [1.54, 1.807) is 55.6 Å². The minimum atomic E-state index is -1.28. The Bertz CT molecular complexity index is 1140. The zero-order valence-corrected chi connectivity index (χ0v) is 21.9. The van der Waals surface area contributed by atoms with E-state index in [2.05, 4.69) is 21.3 Å². The molecule has 39 heavy (non-hydrogen) atoms. The molecule has 12 nitrogen and oxygen atoms in total. The highest BCUT2D eigenvalue weighted by Gasteiger charge is 2.30. The summed E-state index contributed by atoms with van der Waals surface area (Å²) >= 11 is 0. The van der Waals surface area contributed by atoms with Crippen LogP contribution < -0.4 is 35.5 Å². The number of para-hydroxylation sites is 1. The summed E-state index contributed by atoms with van der Waals surface area (Å²) in [5.74, 6) is -0.960. The van der Waals surface area contributed by atoms with Crippen molar-refractivity contribution < 1.29 is 38.5 Å². The summed E-state index contributed by atoms with van der Waals surface area (Å²) < 4.78 is 16.4. The van der Waals surface area contributed by atoms with Gasteiger partial charge in [0.05, 0.1) is 38.3 Å². The van der Waals surface area contributed by atoms with E-state index in [0.717, 1.165) is 0 Å². The van der Waals surface area contributed by atoms with Gasteiger partial charge in [-0.25, -0.2) is 0 Å². The molecule has 0 fully saturated rings. The Labute approximate surface area is 226 Å². The topological polar surface area (TPSA) is 164 Å². The van der Waals surface area contributed by atoms with Gasteiger partial charge < -0.3 is 40.6 Å². The minimum Gasteiger partial charge on any atom is -0.497 e. The van der Waals surface area contributed by atoms with E-state index in [1.807, 2.05) is 0 Å². The van der Waals surface area contributed by atoms with Crippen molar-refractivity contribution >= 4 is 23.6 Å². The van der Waals surface area contributed by atoms with Crippen LogP contribution in [0.5, 0.6) is 17.2 Å². The van der Waals surface area contributed by atoms with E-state index in [9.17, 15) is 24.3 Å². The highest BCUT2D eigenvalue weighted by molar-refractivity contribution is 6.01. The van der Waals surface area contributed by atoms with E-state index in [4.69, 9.17) is 14.2 Å². The molecular formula is C27H34N4O8. The van der Waals surface area contributed by atoms with Gasteiger partial charge in [0.15, 0.2) is 0 Å². The predicted octanol–water partition coefficient (Wildman–Crippen LogP) is 0.143. The van der Waals surface area contributed by atoms with Crippen molar-refractivity contribution in [2.45, 2.75) is 38.0 Å². The van der Waals surface area contributed by atoms with Crippen LogP contribution in [0.25, 0.3) is 0 Å². The molecule has 3 rings (SSSR count). The van der Waals surface area contributed by atoms with Gasteiger partial charge in [0.25, 0.3) is 5.91 Å². The van der Waals surface area contributed by atoms with Crippen LogP contribution >= 0.6 is 0 Å². The summed E-state index contributed by atoms with van der Waals surface area (Å²) in [6.07, 6.45) is -1.25. The van der Waals surface area contributed by atoms with E-state index in [0.29, 0.717) is 23.7 Å². The van der Waals surface area contributed by atoms with Crippen LogP contribution in [0.15, 0.2) is 48.5 Å². The maximum absolute atomic E-state index is 13.1. The molecule has 0 radical (unpaired) electrons. The van der Waals surface area contributed by atoms with Crippen LogP contribution in [0.3, 0.4) is 0 Å². The van der Waals surface area contributed by atoms with Crippen LogP contribution in [0.4, 0.5) is 0 Å². The molecule has 0 saturated carbocycles. The van der Waals surface area contributed by atoms with E-state index in [1.165, 1.54) is 6.92 Å². The van der Waals surface area contributed by atoms with Crippen molar-refractivity contribution in [3.63, 3.8) is 0 Å². The first kappa shape index (κ1) is 29.2. The second-order valence-electron chi connectivity index (χ2n) is 8.82. The van der Waals surface area contributed by atoms with Crippen LogP contribution in [0, 0.1) is 0 Å². The van der Waals surface area contributed by atoms with Crippen molar-refractivity contribution in [2.75, 3.05) is 33.4 Å². The van der Waals surface area contributed by atoms with Crippen molar-refractivity contribution in [3.05, 3.63) is 54.1 Å². The monoisotopic (exact) mass is 542 g/mol. The van der Waals surface area contributed by atoms with Crippen molar-refractivity contribution in [2.24, 2.45) is 0 Å². The third-order valence-corrected chi connectivity index (χ3v) is 5.83. The van der Waals surface area contributed by atoms with Crippen LogP contribution in [-0.2, 0) is 14.4 Å². The molecule has 0 aromatic heterocycles. The second-order valence-corrected chi connectivity index (χ2v) is 8.82. The Morgan fingerprint density at radius 1 is 1.10 bits per heavy atom. The Kier molecular flexibility index (Phi) is 10.9. The maximum atomic E-state index is 13.1. The SMILES string of the molecule is COc1ccc(OCCNC(=O)[C@@H]2CC(=O)N[C@@H]([C@@H](C)O)C(=O)NCCCOc3ccccc3C(=O)N2)cc1. The molecule has 0 unspecified atom stereocenters. The fourth-order valence-electron chi connectivity index (χ4n) is 3.76. The number of amides is 4. The lowest BCUT2D eigenvalue weighted by atomic mass is 10.1. The molecule has 0 saturated heterocycles. The van der Waals surface area contributed by atoms with Crippen molar-refractivity contribution in [1.82, 2.24) is 21.3 Å². The number of fused-ring (bicyclic) bond motifs is 1. The number of rotatable bonds is 7. The molecule has 0 aliphatic carbocycles. The van der Waals surface area contributed by atoms with Gasteiger partial charge in [0.1, 0.15) is 35.9 Å². The Hall–Kier alpha value is -4.32. The molecule has 3 atom stereocenters. The average molecular weight is 543 g/mol. The minimum absolute atomic E-state index is 0.0945. The van der Waals surface area contributed by atoms with E-state index < -0.39 is 48.2 Å². The molecule has 210 valence electrons. The lowest BCUT2D eigenvalue weighted by Gasteiger charge is -2.23. The number of carbonyl (C=O) groups excluding carboxylic acids is 4. The quantitative estimate of drug-likeness (QED) is 0.309. The van der Waals surface area contributed by atoms with Gasteiger partial charge in [-0.15, -0.1) is 0 Å². The highest BCUT2D eigenvalue weighted by atomic mass is 16.5. The number of aliphatic hydroxyl groups excluding tert-OH is 1. The number of methoxy groups -OCH3 is 1. The Morgan fingerprint density at radius 3 is 2.54 bits per heavy atom. The second kappa shape index (κ2) is 14.6. The maximum Gasteiger partial charge on any atom is 0.255 e. The average Bonchev–Trinajstić information content (AvgIpc) is 2.93. The summed E-state index contributed by atoms with van der Waals surface area (Å²) in [6.45, 7) is 2.03. The normalized spacial score (nSPS) is 19.4. The molecule has 0 spiro atoms. The lowest BCUT2D eigenvalue weighted by molar-refractivity contribution is -0.133. The number of ether oxygens (including phenoxy) is 3. The zero-order chi connectivity index (χ0) is 28.2. The summed E-state index contributed by atoms with van der Waals surface area (Å²) in [7, 11) is 1.56. The lowest BCUT2D eigenvalue weighted by Crippen LogP contribution is -2.55. The van der Waals surface area contributed by atoms with Crippen LogP contribution in [0.2, 0.25) is 0 Å². The van der Waals surface area contributed by atoms with Gasteiger partial charge in [-0.1, -0.05) is 12.1 Å². The van der Waals surface area contributed by atoms with Crippen molar-refractivity contribution in [3.8, 4) is 17.2 Å². The fourth-order valence-corrected chi connectivity index (χ4v) is 3.76. The number of benzene rings is 2. The van der Waals surface area contributed by atoms with Crippen molar-refractivity contribution in [1.29, 1.82) is 0 Å². The van der Waals surface area contributed by atoms with Gasteiger partial charge in [-0.05, 0) is 49.7 Å². The summed E-state index contributed by atoms with van der Waals surface area (Å²) in [5.41, 5.74) is 0.194. The largest absolute Gasteiger partial charge is 0.497 e. The van der Waals surface area contributed by atoms with E-state index >= 15 is 0 Å². The molecule has 1 aliphatic rings. The van der Waals surface area contributed by atoms with Gasteiger partial charge in [0, 0.05) is 6.54 Å². The molecular weight excluding hydrogens is 508 g/mol. The van der Waals surface area contributed by atoms with Gasteiger partial charge in [-0.2, -0.15) is 0 Å². The summed E-state index contributed by atoms with van der Waals surface area (Å²) in [6, 6.07) is 10.9. The van der Waals surface area contributed by atoms with Gasteiger partial charge in [0.2, 0.25) is 17.7 Å². The highest BCUT2D eigenvalue weighted by Crippen LogP contribution is 2.19. The smallest absolute Gasteiger partial charge is 0.255 e. The predicted molar refractivity (Wildman–Crippen MR) is 141 cm³/mol. The number of aliphatic hydroxyl groups is 1. The standard InChI is InChI=1S/C27H34N4O8/c1-17(32)24-27(36)28-12-5-14-39-22-7-4-3-6-20(22)25(34)30-21(16-23(33)31-24)26(35)29-13-15-38-19-10-8-18(37-2)9-11-19/h3-4,6-11,17,21,24,32H,5,12-16H2,1-2H3,(H,28,36)(H,29,35)(H,30,34)(H,31,33)/t17-,21+,24+/m1/s1. The molecule has 1 aliphatic heterocycles. The molecule has 2 aromatic carbocycles. The molecule has 2 aromatic rings. The fraction of sp³-hybridized carbons (Fsp3) is 0.407. The molecule has 12 heteroatoms. The molecule has 1 heterocycles. The first-order valence-corrected chi connectivity index (χ1v) is 12.6. The zero-order valence-electron chi connectivity index (χ0n) is 21.9. The van der Waals surface area contributed by atoms with Crippen LogP contribution in [-0.4, -0.2) is 80.3 Å². The van der Waals surface area contributed by atoms with Crippen LogP contribution in [0.1, 0.15) is 30.1 Å². The third kappa shape index (κ3) is 8.88.